The van der Waals surface area contributed by atoms with Crippen molar-refractivity contribution in [1.29, 1.82) is 5.41 Å². The topological polar surface area (TPSA) is 49.9 Å². The van der Waals surface area contributed by atoms with Crippen LogP contribution in [0.3, 0.4) is 0 Å². The summed E-state index contributed by atoms with van der Waals surface area (Å²) in [6.45, 7) is 0. The number of amidine groups is 1. The lowest BCUT2D eigenvalue weighted by atomic mass is 10.2. The number of nitrogen functional groups attached to an aromatic ring is 1. The Bertz CT molecular complexity index is 481. The Balaban J connectivity index is 0.000000980. The summed E-state index contributed by atoms with van der Waals surface area (Å²) in [7, 11) is 0. The molecule has 0 fully saturated rings. The fourth-order valence-corrected chi connectivity index (χ4v) is 2.80. The summed E-state index contributed by atoms with van der Waals surface area (Å²) in [5.74, 6) is 0.149. The van der Waals surface area contributed by atoms with Gasteiger partial charge in [0.05, 0.1) is 4.88 Å². The highest BCUT2D eigenvalue weighted by atomic mass is 127. The van der Waals surface area contributed by atoms with Gasteiger partial charge < -0.3 is 5.73 Å². The second kappa shape index (κ2) is 4.46. The minimum atomic E-state index is 0. The maximum absolute atomic E-state index is 7.31. The molecule has 0 aliphatic heterocycles. The van der Waals surface area contributed by atoms with Gasteiger partial charge in [-0.1, -0.05) is 6.07 Å². The maximum atomic E-state index is 7.31. The van der Waals surface area contributed by atoms with Gasteiger partial charge in [-0.05, 0) is 46.2 Å². The van der Waals surface area contributed by atoms with E-state index in [1.54, 1.807) is 11.3 Å². The molecule has 0 atom stereocenters. The Hall–Kier alpha value is -0.330. The van der Waals surface area contributed by atoms with Crippen molar-refractivity contribution in [2.24, 2.45) is 5.73 Å². The second-order valence-electron chi connectivity index (χ2n) is 2.71. The SMILES string of the molecule is Cl.N=C(N)c1cc2ccc(I)cc2s1. The van der Waals surface area contributed by atoms with E-state index >= 15 is 0 Å². The van der Waals surface area contributed by atoms with Crippen molar-refractivity contribution in [3.8, 4) is 0 Å². The number of hydrogen-bond donors (Lipinski definition) is 2. The van der Waals surface area contributed by atoms with E-state index in [9.17, 15) is 0 Å². The molecule has 0 saturated carbocycles. The molecule has 2 aromatic rings. The van der Waals surface area contributed by atoms with E-state index in [0.29, 0.717) is 0 Å². The number of benzene rings is 1. The van der Waals surface area contributed by atoms with Gasteiger partial charge in [-0.3, -0.25) is 5.41 Å². The first-order valence-corrected chi connectivity index (χ1v) is 5.60. The van der Waals surface area contributed by atoms with E-state index < -0.39 is 0 Å². The molecule has 0 saturated heterocycles. The first kappa shape index (κ1) is 11.7. The molecule has 0 aliphatic rings. The normalized spacial score (nSPS) is 9.79. The molecular formula is C9H8ClIN2S. The molecule has 2 nitrogen and oxygen atoms in total. The largest absolute Gasteiger partial charge is 0.383 e. The van der Waals surface area contributed by atoms with Crippen molar-refractivity contribution in [3.63, 3.8) is 0 Å². The Morgan fingerprint density at radius 2 is 2.07 bits per heavy atom. The standard InChI is InChI=1S/C9H7IN2S.ClH/c10-6-2-1-5-3-8(9(11)12)13-7(5)4-6;/h1-4H,(H3,11,12);1H. The van der Waals surface area contributed by atoms with Gasteiger partial charge in [0, 0.05) is 8.27 Å². The molecule has 0 radical (unpaired) electrons. The molecule has 1 aromatic heterocycles. The zero-order chi connectivity index (χ0) is 9.42. The number of rotatable bonds is 1. The van der Waals surface area contributed by atoms with Crippen LogP contribution in [0.5, 0.6) is 0 Å². The first-order chi connectivity index (χ1) is 6.16. The summed E-state index contributed by atoms with van der Waals surface area (Å²) in [5.41, 5.74) is 5.41. The third kappa shape index (κ3) is 2.18. The van der Waals surface area contributed by atoms with Crippen LogP contribution >= 0.6 is 46.3 Å². The van der Waals surface area contributed by atoms with Crippen molar-refractivity contribution in [3.05, 3.63) is 32.7 Å². The van der Waals surface area contributed by atoms with Crippen molar-refractivity contribution >= 4 is 62.3 Å². The van der Waals surface area contributed by atoms with Crippen molar-refractivity contribution < 1.29 is 0 Å². The van der Waals surface area contributed by atoms with Gasteiger partial charge >= 0.3 is 0 Å². The van der Waals surface area contributed by atoms with Crippen LogP contribution in [-0.2, 0) is 0 Å². The summed E-state index contributed by atoms with van der Waals surface area (Å²) in [6, 6.07) is 8.17. The van der Waals surface area contributed by atoms with E-state index in [4.69, 9.17) is 11.1 Å². The zero-order valence-electron chi connectivity index (χ0n) is 7.08. The molecule has 0 aliphatic carbocycles. The summed E-state index contributed by atoms with van der Waals surface area (Å²) >= 11 is 3.84. The van der Waals surface area contributed by atoms with E-state index in [0.717, 1.165) is 10.3 Å². The molecular weight excluding hydrogens is 331 g/mol. The van der Waals surface area contributed by atoms with Crippen LogP contribution in [0.15, 0.2) is 24.3 Å². The molecule has 2 rings (SSSR count). The van der Waals surface area contributed by atoms with E-state index in [1.807, 2.05) is 6.07 Å². The van der Waals surface area contributed by atoms with Crippen LogP contribution in [0.1, 0.15) is 4.88 Å². The van der Waals surface area contributed by atoms with Gasteiger partial charge in [-0.15, -0.1) is 23.7 Å². The lowest BCUT2D eigenvalue weighted by Crippen LogP contribution is -2.08. The smallest absolute Gasteiger partial charge is 0.133 e. The number of thiophene rings is 1. The molecule has 0 unspecified atom stereocenters. The molecule has 5 heteroatoms. The number of nitrogens with two attached hydrogens (primary N) is 1. The predicted molar refractivity (Wildman–Crippen MR) is 72.8 cm³/mol. The Kier molecular flexibility index (Phi) is 3.74. The summed E-state index contributed by atoms with van der Waals surface area (Å²) in [6.07, 6.45) is 0. The van der Waals surface area contributed by atoms with Crippen LogP contribution in [0.25, 0.3) is 10.1 Å². The number of nitrogens with one attached hydrogen (secondary N) is 1. The van der Waals surface area contributed by atoms with Crippen LogP contribution in [0, 0.1) is 8.98 Å². The molecule has 74 valence electrons. The molecule has 0 spiro atoms. The highest BCUT2D eigenvalue weighted by Gasteiger charge is 2.03. The predicted octanol–water partition coefficient (Wildman–Crippen LogP) is 3.21. The Labute approximate surface area is 106 Å². The molecule has 0 amide bonds. The Morgan fingerprint density at radius 3 is 2.71 bits per heavy atom. The van der Waals surface area contributed by atoms with Gasteiger partial charge in [0.25, 0.3) is 0 Å². The summed E-state index contributed by atoms with van der Waals surface area (Å²) < 4.78 is 2.40. The monoisotopic (exact) mass is 338 g/mol. The van der Waals surface area contributed by atoms with Crippen LogP contribution in [-0.4, -0.2) is 5.84 Å². The van der Waals surface area contributed by atoms with E-state index in [1.165, 1.54) is 8.27 Å². The fraction of sp³-hybridized carbons (Fsp3) is 0. The fourth-order valence-electron chi connectivity index (χ4n) is 1.14. The average Bonchev–Trinajstić information content (AvgIpc) is 2.46. The zero-order valence-corrected chi connectivity index (χ0v) is 10.9. The molecule has 0 bridgehead atoms. The van der Waals surface area contributed by atoms with Crippen molar-refractivity contribution in [2.45, 2.75) is 0 Å². The Morgan fingerprint density at radius 1 is 1.36 bits per heavy atom. The van der Waals surface area contributed by atoms with Gasteiger partial charge in [0.2, 0.25) is 0 Å². The van der Waals surface area contributed by atoms with Gasteiger partial charge in [-0.25, -0.2) is 0 Å². The van der Waals surface area contributed by atoms with Crippen LogP contribution in [0.2, 0.25) is 0 Å². The van der Waals surface area contributed by atoms with Gasteiger partial charge in [0.1, 0.15) is 5.84 Å². The van der Waals surface area contributed by atoms with Crippen LogP contribution < -0.4 is 5.73 Å². The minimum absolute atomic E-state index is 0. The third-order valence-electron chi connectivity index (χ3n) is 1.75. The minimum Gasteiger partial charge on any atom is -0.383 e. The molecule has 1 heterocycles. The van der Waals surface area contributed by atoms with Crippen molar-refractivity contribution in [2.75, 3.05) is 0 Å². The van der Waals surface area contributed by atoms with E-state index in [2.05, 4.69) is 40.8 Å². The number of hydrogen-bond acceptors (Lipinski definition) is 2. The maximum Gasteiger partial charge on any atom is 0.133 e. The summed E-state index contributed by atoms with van der Waals surface area (Å²) in [4.78, 5) is 0.844. The van der Waals surface area contributed by atoms with E-state index in [-0.39, 0.29) is 18.2 Å². The van der Waals surface area contributed by atoms with Gasteiger partial charge in [-0.2, -0.15) is 0 Å². The molecule has 14 heavy (non-hydrogen) atoms. The second-order valence-corrected chi connectivity index (χ2v) is 5.04. The average molecular weight is 339 g/mol. The summed E-state index contributed by atoms with van der Waals surface area (Å²) in [5, 5.41) is 8.47. The lowest BCUT2D eigenvalue weighted by molar-refractivity contribution is 1.46. The van der Waals surface area contributed by atoms with Gasteiger partial charge in [0.15, 0.2) is 0 Å². The highest BCUT2D eigenvalue weighted by Crippen LogP contribution is 2.26. The van der Waals surface area contributed by atoms with Crippen molar-refractivity contribution in [1.82, 2.24) is 0 Å². The number of halogens is 2. The highest BCUT2D eigenvalue weighted by molar-refractivity contribution is 14.1. The molecule has 3 N–H and O–H groups in total. The first-order valence-electron chi connectivity index (χ1n) is 3.70. The third-order valence-corrected chi connectivity index (χ3v) is 3.55. The lowest BCUT2D eigenvalue weighted by Gasteiger charge is -1.88. The van der Waals surface area contributed by atoms with Crippen LogP contribution in [0.4, 0.5) is 0 Å². The number of fused-ring (bicyclic) bond motifs is 1. The molecule has 1 aromatic carbocycles. The quantitative estimate of drug-likeness (QED) is 0.468.